The van der Waals surface area contributed by atoms with Gasteiger partial charge in [-0.3, -0.25) is 4.99 Å². The predicted molar refractivity (Wildman–Crippen MR) is 44.7 cm³/mol. The van der Waals surface area contributed by atoms with Crippen LogP contribution in [0, 0.1) is 0 Å². The zero-order valence-electron chi connectivity index (χ0n) is 6.78. The van der Waals surface area contributed by atoms with Crippen molar-refractivity contribution in [2.24, 2.45) is 4.99 Å². The molecule has 2 heterocycles. The number of nitrogens with one attached hydrogen (secondary N) is 3. The molecule has 2 aliphatic rings. The molecule has 4 nitrogen and oxygen atoms in total. The molecule has 62 valence electrons. The lowest BCUT2D eigenvalue weighted by atomic mass is 10.0. The highest BCUT2D eigenvalue weighted by Crippen LogP contribution is 2.16. The molecule has 2 rings (SSSR count). The van der Waals surface area contributed by atoms with Crippen LogP contribution in [0.15, 0.2) is 4.99 Å². The lowest BCUT2D eigenvalue weighted by Crippen LogP contribution is -2.45. The fraction of sp³-hybridized carbons (Fsp3) is 0.857. The quantitative estimate of drug-likeness (QED) is 0.415. The lowest BCUT2D eigenvalue weighted by Gasteiger charge is -2.19. The normalized spacial score (nSPS) is 39.5. The number of hydrogen-bond acceptors (Lipinski definition) is 2. The molecule has 0 saturated carbocycles. The predicted octanol–water partition coefficient (Wildman–Crippen LogP) is -1.10. The van der Waals surface area contributed by atoms with Gasteiger partial charge in [0.05, 0.1) is 5.54 Å². The minimum Gasteiger partial charge on any atom is -0.354 e. The highest BCUT2D eigenvalue weighted by molar-refractivity contribution is 5.83. The summed E-state index contributed by atoms with van der Waals surface area (Å²) in [5, 5.41) is 9.97. The first-order valence-corrected chi connectivity index (χ1v) is 4.04. The van der Waals surface area contributed by atoms with Crippen molar-refractivity contribution in [1.29, 1.82) is 0 Å². The van der Waals surface area contributed by atoms with E-state index in [-0.39, 0.29) is 5.54 Å². The van der Waals surface area contributed by atoms with Crippen LogP contribution in [-0.2, 0) is 0 Å². The molecule has 2 saturated heterocycles. The van der Waals surface area contributed by atoms with E-state index in [4.69, 9.17) is 0 Å². The zero-order valence-corrected chi connectivity index (χ0v) is 6.78. The van der Waals surface area contributed by atoms with Gasteiger partial charge in [0, 0.05) is 20.1 Å². The highest BCUT2D eigenvalue weighted by Gasteiger charge is 2.38. The highest BCUT2D eigenvalue weighted by atomic mass is 15.3. The van der Waals surface area contributed by atoms with Crippen molar-refractivity contribution in [1.82, 2.24) is 16.0 Å². The van der Waals surface area contributed by atoms with Gasteiger partial charge in [0.15, 0.2) is 5.96 Å². The number of aliphatic imine (C=N–C) groups is 1. The molecule has 3 N–H and O–H groups in total. The maximum atomic E-state index is 4.07. The van der Waals surface area contributed by atoms with Gasteiger partial charge >= 0.3 is 0 Å². The first-order chi connectivity index (χ1) is 5.35. The SMILES string of the molecule is CN=C1NCC2(CCNC2)N1. The van der Waals surface area contributed by atoms with Gasteiger partial charge in [-0.1, -0.05) is 0 Å². The van der Waals surface area contributed by atoms with Gasteiger partial charge in [0.2, 0.25) is 0 Å². The molecular formula is C7H14N4. The van der Waals surface area contributed by atoms with E-state index in [0.717, 1.165) is 25.6 Å². The van der Waals surface area contributed by atoms with Gasteiger partial charge in [-0.2, -0.15) is 0 Å². The summed E-state index contributed by atoms with van der Waals surface area (Å²) >= 11 is 0. The Balaban J connectivity index is 2.07. The topological polar surface area (TPSA) is 48.5 Å². The van der Waals surface area contributed by atoms with E-state index in [1.807, 2.05) is 0 Å². The monoisotopic (exact) mass is 154 g/mol. The van der Waals surface area contributed by atoms with E-state index in [1.165, 1.54) is 6.42 Å². The van der Waals surface area contributed by atoms with E-state index < -0.39 is 0 Å². The van der Waals surface area contributed by atoms with Crippen molar-refractivity contribution < 1.29 is 0 Å². The Morgan fingerprint density at radius 2 is 2.36 bits per heavy atom. The molecule has 0 aliphatic carbocycles. The third-order valence-corrected chi connectivity index (χ3v) is 2.45. The van der Waals surface area contributed by atoms with Crippen molar-refractivity contribution in [2.75, 3.05) is 26.7 Å². The van der Waals surface area contributed by atoms with Crippen molar-refractivity contribution >= 4 is 5.96 Å². The van der Waals surface area contributed by atoms with E-state index in [2.05, 4.69) is 20.9 Å². The molecule has 1 unspecified atom stereocenters. The zero-order chi connectivity index (χ0) is 7.73. The lowest BCUT2D eigenvalue weighted by molar-refractivity contribution is 0.455. The molecule has 1 spiro atoms. The minimum atomic E-state index is 0.259. The smallest absolute Gasteiger partial charge is 0.191 e. The second-order valence-corrected chi connectivity index (χ2v) is 3.26. The molecule has 1 atom stereocenters. The maximum Gasteiger partial charge on any atom is 0.191 e. The Kier molecular flexibility index (Phi) is 1.49. The van der Waals surface area contributed by atoms with E-state index in [0.29, 0.717) is 0 Å². The third-order valence-electron chi connectivity index (χ3n) is 2.45. The standard InChI is InChI=1S/C7H14N4/c1-8-6-10-5-7(11-6)2-3-9-4-7/h9H,2-5H2,1H3,(H2,8,10,11). The Morgan fingerprint density at radius 1 is 1.45 bits per heavy atom. The molecule has 0 aromatic heterocycles. The van der Waals surface area contributed by atoms with Crippen LogP contribution in [-0.4, -0.2) is 38.2 Å². The third kappa shape index (κ3) is 1.07. The van der Waals surface area contributed by atoms with Crippen LogP contribution in [0.2, 0.25) is 0 Å². The van der Waals surface area contributed by atoms with Crippen LogP contribution in [0.3, 0.4) is 0 Å². The molecule has 0 bridgehead atoms. The van der Waals surface area contributed by atoms with Crippen LogP contribution in [0.25, 0.3) is 0 Å². The summed E-state index contributed by atoms with van der Waals surface area (Å²) in [7, 11) is 1.80. The molecule has 4 heteroatoms. The van der Waals surface area contributed by atoms with Gasteiger partial charge in [0.25, 0.3) is 0 Å². The summed E-state index contributed by atoms with van der Waals surface area (Å²) in [5.41, 5.74) is 0.259. The summed E-state index contributed by atoms with van der Waals surface area (Å²) in [5.74, 6) is 0.939. The number of hydrogen-bond donors (Lipinski definition) is 3. The minimum absolute atomic E-state index is 0.259. The average molecular weight is 154 g/mol. The van der Waals surface area contributed by atoms with Crippen molar-refractivity contribution in [2.45, 2.75) is 12.0 Å². The summed E-state index contributed by atoms with van der Waals surface area (Å²) < 4.78 is 0. The van der Waals surface area contributed by atoms with Crippen LogP contribution in [0.1, 0.15) is 6.42 Å². The number of nitrogens with zero attached hydrogens (tertiary/aromatic N) is 1. The summed E-state index contributed by atoms with van der Waals surface area (Å²) in [6.45, 7) is 3.18. The van der Waals surface area contributed by atoms with Crippen LogP contribution >= 0.6 is 0 Å². The Labute approximate surface area is 66.5 Å². The Morgan fingerprint density at radius 3 is 2.91 bits per heavy atom. The number of guanidine groups is 1. The molecule has 0 aromatic carbocycles. The van der Waals surface area contributed by atoms with E-state index in [1.54, 1.807) is 7.05 Å². The summed E-state index contributed by atoms with van der Waals surface area (Å²) in [6, 6.07) is 0. The van der Waals surface area contributed by atoms with E-state index in [9.17, 15) is 0 Å². The molecule has 0 radical (unpaired) electrons. The van der Waals surface area contributed by atoms with Crippen LogP contribution in [0.5, 0.6) is 0 Å². The largest absolute Gasteiger partial charge is 0.354 e. The molecular weight excluding hydrogens is 140 g/mol. The van der Waals surface area contributed by atoms with Gasteiger partial charge in [0.1, 0.15) is 0 Å². The Bertz CT molecular complexity index is 181. The van der Waals surface area contributed by atoms with Gasteiger partial charge in [-0.25, -0.2) is 0 Å². The van der Waals surface area contributed by atoms with Crippen molar-refractivity contribution in [3.05, 3.63) is 0 Å². The molecule has 0 aromatic rings. The Hall–Kier alpha value is -0.770. The van der Waals surface area contributed by atoms with Crippen molar-refractivity contribution in [3.8, 4) is 0 Å². The molecule has 0 amide bonds. The first-order valence-electron chi connectivity index (χ1n) is 4.04. The van der Waals surface area contributed by atoms with Crippen molar-refractivity contribution in [3.63, 3.8) is 0 Å². The fourth-order valence-electron chi connectivity index (χ4n) is 1.73. The van der Waals surface area contributed by atoms with Gasteiger partial charge < -0.3 is 16.0 Å². The van der Waals surface area contributed by atoms with Gasteiger partial charge in [-0.15, -0.1) is 0 Å². The second kappa shape index (κ2) is 2.37. The second-order valence-electron chi connectivity index (χ2n) is 3.26. The fourth-order valence-corrected chi connectivity index (χ4v) is 1.73. The average Bonchev–Trinajstić information content (AvgIpc) is 2.62. The molecule has 11 heavy (non-hydrogen) atoms. The van der Waals surface area contributed by atoms with Crippen LogP contribution in [0.4, 0.5) is 0 Å². The summed E-state index contributed by atoms with van der Waals surface area (Å²) in [6.07, 6.45) is 1.19. The number of rotatable bonds is 0. The maximum absolute atomic E-state index is 4.07. The van der Waals surface area contributed by atoms with Gasteiger partial charge in [-0.05, 0) is 13.0 Å². The van der Waals surface area contributed by atoms with Crippen LogP contribution < -0.4 is 16.0 Å². The van der Waals surface area contributed by atoms with E-state index >= 15 is 0 Å². The first kappa shape index (κ1) is 6.91. The molecule has 2 aliphatic heterocycles. The molecule has 2 fully saturated rings. The summed E-state index contributed by atoms with van der Waals surface area (Å²) in [4.78, 5) is 4.07.